The highest BCUT2D eigenvalue weighted by atomic mass is 16.4. The molecule has 80 valence electrons. The van der Waals surface area contributed by atoms with Crippen LogP contribution in [0.1, 0.15) is 15.9 Å². The Morgan fingerprint density at radius 1 is 1.50 bits per heavy atom. The molecular weight excluding hydrogens is 207 g/mol. The summed E-state index contributed by atoms with van der Waals surface area (Å²) < 4.78 is 0. The van der Waals surface area contributed by atoms with Gasteiger partial charge in [0.05, 0.1) is 6.07 Å². The summed E-state index contributed by atoms with van der Waals surface area (Å²) in [6.07, 6.45) is 0. The van der Waals surface area contributed by atoms with Crippen LogP contribution in [0, 0.1) is 11.3 Å². The van der Waals surface area contributed by atoms with E-state index in [0.29, 0.717) is 12.1 Å². The molecule has 0 atom stereocenters. The van der Waals surface area contributed by atoms with Crippen molar-refractivity contribution in [1.82, 2.24) is 4.90 Å². The molecule has 0 aromatic heterocycles. The number of nitriles is 1. The van der Waals surface area contributed by atoms with Gasteiger partial charge in [0.1, 0.15) is 6.54 Å². The van der Waals surface area contributed by atoms with Crippen molar-refractivity contribution >= 4 is 18.5 Å². The van der Waals surface area contributed by atoms with Gasteiger partial charge in [0, 0.05) is 12.1 Å². The molecule has 16 heavy (non-hydrogen) atoms. The van der Waals surface area contributed by atoms with Crippen LogP contribution in [0.3, 0.4) is 0 Å². The molecule has 0 unspecified atom stereocenters. The number of hydrogen-bond donors (Lipinski definition) is 2. The molecule has 0 bridgehead atoms. The maximum Gasteiger partial charge on any atom is 0.488 e. The number of amides is 1. The normalized spacial score (nSPS) is 13.6. The van der Waals surface area contributed by atoms with Gasteiger partial charge < -0.3 is 14.9 Å². The second kappa shape index (κ2) is 3.97. The Kier molecular flexibility index (Phi) is 2.65. The van der Waals surface area contributed by atoms with Crippen LogP contribution in [0.15, 0.2) is 18.2 Å². The molecule has 2 rings (SSSR count). The highest BCUT2D eigenvalue weighted by Crippen LogP contribution is 2.20. The maximum absolute atomic E-state index is 11.8. The molecule has 2 N–H and O–H groups in total. The summed E-state index contributed by atoms with van der Waals surface area (Å²) in [4.78, 5) is 13.2. The van der Waals surface area contributed by atoms with Gasteiger partial charge in [0.15, 0.2) is 0 Å². The summed E-state index contributed by atoms with van der Waals surface area (Å²) in [5.74, 6) is -0.237. The van der Waals surface area contributed by atoms with E-state index in [0.717, 1.165) is 5.56 Å². The molecule has 0 radical (unpaired) electrons. The summed E-state index contributed by atoms with van der Waals surface area (Å²) in [7, 11) is -1.58. The molecule has 5 nitrogen and oxygen atoms in total. The van der Waals surface area contributed by atoms with Gasteiger partial charge in [-0.15, -0.1) is 0 Å². The van der Waals surface area contributed by atoms with Gasteiger partial charge in [-0.2, -0.15) is 5.26 Å². The standard InChI is InChI=1S/C10H9BN2O3/c12-3-4-13-6-7-1-2-8(11(15)16)5-9(7)10(13)14/h1-2,5,15-16H,4,6H2. The Morgan fingerprint density at radius 2 is 2.25 bits per heavy atom. The van der Waals surface area contributed by atoms with Crippen molar-refractivity contribution in [1.29, 1.82) is 5.26 Å². The highest BCUT2D eigenvalue weighted by molar-refractivity contribution is 6.58. The molecule has 1 aromatic rings. The zero-order valence-electron chi connectivity index (χ0n) is 8.42. The molecule has 1 aromatic carbocycles. The van der Waals surface area contributed by atoms with E-state index in [1.807, 2.05) is 6.07 Å². The SMILES string of the molecule is N#CCN1Cc2ccc(B(O)O)cc2C1=O. The molecule has 1 aliphatic rings. The fraction of sp³-hybridized carbons (Fsp3) is 0.200. The summed E-state index contributed by atoms with van der Waals surface area (Å²) >= 11 is 0. The molecule has 0 aliphatic carbocycles. The molecule has 0 fully saturated rings. The molecule has 1 amide bonds. The molecule has 6 heteroatoms. The Hall–Kier alpha value is -1.84. The van der Waals surface area contributed by atoms with Crippen LogP contribution in [0.4, 0.5) is 0 Å². The third kappa shape index (κ3) is 1.67. The van der Waals surface area contributed by atoms with Crippen molar-refractivity contribution in [2.75, 3.05) is 6.54 Å². The third-order valence-corrected chi connectivity index (χ3v) is 2.57. The van der Waals surface area contributed by atoms with Crippen molar-refractivity contribution in [2.45, 2.75) is 6.54 Å². The van der Waals surface area contributed by atoms with E-state index >= 15 is 0 Å². The van der Waals surface area contributed by atoms with E-state index in [9.17, 15) is 4.79 Å². The first-order valence-corrected chi connectivity index (χ1v) is 4.78. The number of rotatable bonds is 2. The highest BCUT2D eigenvalue weighted by Gasteiger charge is 2.28. The van der Waals surface area contributed by atoms with Crippen LogP contribution in [0.25, 0.3) is 0 Å². The second-order valence-corrected chi connectivity index (χ2v) is 3.61. The number of fused-ring (bicyclic) bond motifs is 1. The first-order valence-electron chi connectivity index (χ1n) is 4.78. The van der Waals surface area contributed by atoms with Crippen LogP contribution in [-0.2, 0) is 6.54 Å². The molecule has 0 saturated heterocycles. The number of nitrogens with zero attached hydrogens (tertiary/aromatic N) is 2. The summed E-state index contributed by atoms with van der Waals surface area (Å²) in [6, 6.07) is 6.62. The molecule has 1 aliphatic heterocycles. The van der Waals surface area contributed by atoms with E-state index in [2.05, 4.69) is 0 Å². The van der Waals surface area contributed by atoms with Crippen LogP contribution in [-0.4, -0.2) is 34.5 Å². The van der Waals surface area contributed by atoms with Gasteiger partial charge in [-0.05, 0) is 17.1 Å². The lowest BCUT2D eigenvalue weighted by Crippen LogP contribution is -2.30. The Labute approximate surface area is 92.7 Å². The Balaban J connectivity index is 2.35. The Bertz CT molecular complexity index is 481. The van der Waals surface area contributed by atoms with E-state index < -0.39 is 7.12 Å². The maximum atomic E-state index is 11.8. The molecule has 0 saturated carbocycles. The van der Waals surface area contributed by atoms with Crippen LogP contribution in [0.5, 0.6) is 0 Å². The number of hydrogen-bond acceptors (Lipinski definition) is 4. The molecule has 0 spiro atoms. The number of benzene rings is 1. The van der Waals surface area contributed by atoms with E-state index in [1.165, 1.54) is 11.0 Å². The lowest BCUT2D eigenvalue weighted by atomic mass is 9.79. The van der Waals surface area contributed by atoms with E-state index in [4.69, 9.17) is 15.3 Å². The second-order valence-electron chi connectivity index (χ2n) is 3.61. The summed E-state index contributed by atoms with van der Waals surface area (Å²) in [5.41, 5.74) is 1.54. The average molecular weight is 216 g/mol. The minimum atomic E-state index is -1.58. The minimum absolute atomic E-state index is 0.0462. The van der Waals surface area contributed by atoms with Crippen molar-refractivity contribution < 1.29 is 14.8 Å². The van der Waals surface area contributed by atoms with Crippen molar-refractivity contribution in [3.05, 3.63) is 29.3 Å². The van der Waals surface area contributed by atoms with Gasteiger partial charge in [-0.1, -0.05) is 12.1 Å². The van der Waals surface area contributed by atoms with E-state index in [1.54, 1.807) is 12.1 Å². The molecular formula is C10H9BN2O3. The lowest BCUT2D eigenvalue weighted by Gasteiger charge is -2.08. The van der Waals surface area contributed by atoms with Crippen LogP contribution < -0.4 is 5.46 Å². The van der Waals surface area contributed by atoms with Crippen molar-refractivity contribution in [3.63, 3.8) is 0 Å². The fourth-order valence-corrected chi connectivity index (χ4v) is 1.75. The number of carbonyl (C=O) groups is 1. The van der Waals surface area contributed by atoms with Crippen molar-refractivity contribution in [2.24, 2.45) is 0 Å². The van der Waals surface area contributed by atoms with E-state index in [-0.39, 0.29) is 17.9 Å². The first-order chi connectivity index (χ1) is 7.63. The predicted molar refractivity (Wildman–Crippen MR) is 56.6 cm³/mol. The largest absolute Gasteiger partial charge is 0.488 e. The quantitative estimate of drug-likeness (QED) is 0.482. The lowest BCUT2D eigenvalue weighted by molar-refractivity contribution is 0.0798. The smallest absolute Gasteiger partial charge is 0.423 e. The average Bonchev–Trinajstić information content (AvgIpc) is 2.56. The zero-order chi connectivity index (χ0) is 11.7. The zero-order valence-corrected chi connectivity index (χ0v) is 8.42. The van der Waals surface area contributed by atoms with Crippen LogP contribution >= 0.6 is 0 Å². The summed E-state index contributed by atoms with van der Waals surface area (Å²) in [5, 5.41) is 26.5. The monoisotopic (exact) mass is 216 g/mol. The molecule has 1 heterocycles. The third-order valence-electron chi connectivity index (χ3n) is 2.57. The van der Waals surface area contributed by atoms with Crippen LogP contribution in [0.2, 0.25) is 0 Å². The van der Waals surface area contributed by atoms with Crippen molar-refractivity contribution in [3.8, 4) is 6.07 Å². The summed E-state index contributed by atoms with van der Waals surface area (Å²) in [6.45, 7) is 0.452. The Morgan fingerprint density at radius 3 is 2.88 bits per heavy atom. The minimum Gasteiger partial charge on any atom is -0.423 e. The van der Waals surface area contributed by atoms with Gasteiger partial charge in [-0.25, -0.2) is 0 Å². The van der Waals surface area contributed by atoms with Gasteiger partial charge in [0.25, 0.3) is 5.91 Å². The topological polar surface area (TPSA) is 84.6 Å². The van der Waals surface area contributed by atoms with Gasteiger partial charge >= 0.3 is 7.12 Å². The number of carbonyl (C=O) groups excluding carboxylic acids is 1. The van der Waals surface area contributed by atoms with Gasteiger partial charge in [0.2, 0.25) is 0 Å². The fourth-order valence-electron chi connectivity index (χ4n) is 1.75. The van der Waals surface area contributed by atoms with Gasteiger partial charge in [-0.3, -0.25) is 4.79 Å². The predicted octanol–water partition coefficient (Wildman–Crippen LogP) is -1.15. The first kappa shape index (κ1) is 10.7.